The van der Waals surface area contributed by atoms with Gasteiger partial charge >= 0.3 is 0 Å². The van der Waals surface area contributed by atoms with E-state index in [1.54, 1.807) is 0 Å². The molecule has 1 N–H and O–H groups in total. The molecule has 6 heteroatoms. The molecule has 2 rings (SSSR count). The minimum absolute atomic E-state index is 0.0344. The molecule has 0 radical (unpaired) electrons. The van der Waals surface area contributed by atoms with Crippen LogP contribution in [0.5, 0.6) is 11.5 Å². The summed E-state index contributed by atoms with van der Waals surface area (Å²) in [4.78, 5) is 14.0. The maximum Gasteiger partial charge on any atom is 0.235 e. The normalized spacial score (nSPS) is 16.6. The largest absolute Gasteiger partial charge is 0.503 e. The highest BCUT2D eigenvalue weighted by molar-refractivity contribution is 5.47. The molecule has 1 aromatic carbocycles. The van der Waals surface area contributed by atoms with E-state index < -0.39 is 22.9 Å². The van der Waals surface area contributed by atoms with E-state index in [0.717, 1.165) is 12.5 Å². The lowest BCUT2D eigenvalue weighted by Gasteiger charge is -2.37. The van der Waals surface area contributed by atoms with Crippen molar-refractivity contribution in [2.75, 3.05) is 7.11 Å². The number of carbonyl (C=O) groups excluding carboxylic acids is 1. The summed E-state index contributed by atoms with van der Waals surface area (Å²) in [5.41, 5.74) is -1.09. The van der Waals surface area contributed by atoms with Gasteiger partial charge in [-0.15, -0.1) is 0 Å². The maximum absolute atomic E-state index is 13.9. The number of halogens is 2. The zero-order valence-electron chi connectivity index (χ0n) is 9.67. The summed E-state index contributed by atoms with van der Waals surface area (Å²) in [7, 11) is 1.20. The molecule has 1 aliphatic carbocycles. The van der Waals surface area contributed by atoms with Crippen molar-refractivity contribution in [1.29, 1.82) is 0 Å². The van der Waals surface area contributed by atoms with E-state index in [1.165, 1.54) is 13.2 Å². The Morgan fingerprint density at radius 1 is 1.44 bits per heavy atom. The summed E-state index contributed by atoms with van der Waals surface area (Å²) in [5, 5.41) is 9.38. The van der Waals surface area contributed by atoms with Crippen molar-refractivity contribution in [3.05, 3.63) is 23.3 Å². The average molecular weight is 255 g/mol. The summed E-state index contributed by atoms with van der Waals surface area (Å²) in [6.07, 6.45) is 3.07. The number of phenols is 1. The standard InChI is InChI=1S/C12H11F2NO3/c1-18-8-5-7(9(13)11(17)10(8)14)12(15-6-16)3-2-4-12/h5,17H,2-4H2,1H3. The first-order chi connectivity index (χ1) is 8.55. The second-order valence-electron chi connectivity index (χ2n) is 4.19. The predicted octanol–water partition coefficient (Wildman–Crippen LogP) is 2.39. The SMILES string of the molecule is COc1cc(C2(N=C=O)CCC2)c(F)c(O)c1F. The Morgan fingerprint density at radius 2 is 2.11 bits per heavy atom. The number of aromatic hydroxyl groups is 1. The molecule has 0 amide bonds. The van der Waals surface area contributed by atoms with E-state index in [-0.39, 0.29) is 11.3 Å². The van der Waals surface area contributed by atoms with E-state index in [0.29, 0.717) is 12.8 Å². The predicted molar refractivity (Wildman–Crippen MR) is 58.2 cm³/mol. The monoisotopic (exact) mass is 255 g/mol. The molecule has 0 saturated heterocycles. The van der Waals surface area contributed by atoms with Gasteiger partial charge in [-0.2, -0.15) is 9.38 Å². The molecule has 1 aromatic rings. The summed E-state index contributed by atoms with van der Waals surface area (Å²) < 4.78 is 32.0. The molecule has 18 heavy (non-hydrogen) atoms. The Labute approximate surface area is 102 Å². The average Bonchev–Trinajstić information content (AvgIpc) is 2.32. The molecule has 1 saturated carbocycles. The number of phenolic OH excluding ortho intramolecular Hbond substituents is 1. The van der Waals surface area contributed by atoms with Crippen molar-refractivity contribution >= 4 is 6.08 Å². The number of hydrogen-bond acceptors (Lipinski definition) is 4. The number of methoxy groups -OCH3 is 1. The number of benzene rings is 1. The van der Waals surface area contributed by atoms with Crippen LogP contribution in [0.4, 0.5) is 8.78 Å². The van der Waals surface area contributed by atoms with Crippen LogP contribution in [-0.4, -0.2) is 18.3 Å². The first kappa shape index (κ1) is 12.5. The van der Waals surface area contributed by atoms with Crippen LogP contribution < -0.4 is 4.74 Å². The van der Waals surface area contributed by atoms with E-state index in [4.69, 9.17) is 4.74 Å². The second-order valence-corrected chi connectivity index (χ2v) is 4.19. The molecule has 0 aliphatic heterocycles. The molecule has 1 aliphatic rings. The smallest absolute Gasteiger partial charge is 0.235 e. The first-order valence-electron chi connectivity index (χ1n) is 5.40. The van der Waals surface area contributed by atoms with Crippen LogP contribution >= 0.6 is 0 Å². The number of nitrogens with zero attached hydrogens (tertiary/aromatic N) is 1. The number of hydrogen-bond donors (Lipinski definition) is 1. The van der Waals surface area contributed by atoms with Crippen LogP contribution in [0, 0.1) is 11.6 Å². The quantitative estimate of drug-likeness (QED) is 0.666. The Kier molecular flexibility index (Phi) is 3.05. The van der Waals surface area contributed by atoms with E-state index >= 15 is 0 Å². The topological polar surface area (TPSA) is 58.9 Å². The van der Waals surface area contributed by atoms with Gasteiger partial charge in [-0.3, -0.25) is 0 Å². The Hall–Kier alpha value is -1.94. The minimum Gasteiger partial charge on any atom is -0.503 e. The van der Waals surface area contributed by atoms with Crippen LogP contribution in [-0.2, 0) is 10.3 Å². The fraction of sp³-hybridized carbons (Fsp3) is 0.417. The molecule has 0 bridgehead atoms. The number of ether oxygens (including phenoxy) is 1. The van der Waals surface area contributed by atoms with Gasteiger partial charge in [0.1, 0.15) is 5.54 Å². The summed E-state index contributed by atoms with van der Waals surface area (Å²) >= 11 is 0. The first-order valence-corrected chi connectivity index (χ1v) is 5.40. The van der Waals surface area contributed by atoms with Crippen LogP contribution in [0.15, 0.2) is 11.1 Å². The molecule has 0 heterocycles. The molecular formula is C12H11F2NO3. The fourth-order valence-corrected chi connectivity index (χ4v) is 2.13. The highest BCUT2D eigenvalue weighted by Crippen LogP contribution is 2.48. The lowest BCUT2D eigenvalue weighted by atomic mass is 9.72. The molecular weight excluding hydrogens is 244 g/mol. The lowest BCUT2D eigenvalue weighted by Crippen LogP contribution is -2.33. The van der Waals surface area contributed by atoms with E-state index in [9.17, 15) is 18.7 Å². The van der Waals surface area contributed by atoms with Gasteiger partial charge in [0.05, 0.1) is 7.11 Å². The van der Waals surface area contributed by atoms with Gasteiger partial charge in [0.2, 0.25) is 11.9 Å². The second kappa shape index (κ2) is 4.38. The van der Waals surface area contributed by atoms with Crippen molar-refractivity contribution in [1.82, 2.24) is 0 Å². The van der Waals surface area contributed by atoms with Crippen molar-refractivity contribution in [3.8, 4) is 11.5 Å². The van der Waals surface area contributed by atoms with Gasteiger partial charge in [-0.25, -0.2) is 9.18 Å². The molecule has 4 nitrogen and oxygen atoms in total. The third-order valence-corrected chi connectivity index (χ3v) is 3.31. The zero-order valence-corrected chi connectivity index (χ0v) is 9.67. The van der Waals surface area contributed by atoms with Crippen molar-refractivity contribution < 1.29 is 23.4 Å². The Morgan fingerprint density at radius 3 is 2.56 bits per heavy atom. The number of aliphatic imine (C=N–C) groups is 1. The van der Waals surface area contributed by atoms with Gasteiger partial charge < -0.3 is 9.84 Å². The Balaban J connectivity index is 2.64. The van der Waals surface area contributed by atoms with Crippen LogP contribution in [0.1, 0.15) is 24.8 Å². The summed E-state index contributed by atoms with van der Waals surface area (Å²) in [6, 6.07) is 1.13. The van der Waals surface area contributed by atoms with Crippen molar-refractivity contribution in [2.24, 2.45) is 4.99 Å². The Bertz CT molecular complexity index is 535. The van der Waals surface area contributed by atoms with Crippen LogP contribution in [0.25, 0.3) is 0 Å². The number of rotatable bonds is 3. The van der Waals surface area contributed by atoms with Gasteiger partial charge in [0, 0.05) is 5.56 Å². The van der Waals surface area contributed by atoms with E-state index in [1.807, 2.05) is 0 Å². The zero-order chi connectivity index (χ0) is 13.3. The lowest BCUT2D eigenvalue weighted by molar-refractivity contribution is 0.241. The molecule has 1 fully saturated rings. The summed E-state index contributed by atoms with van der Waals surface area (Å²) in [5.74, 6) is -3.66. The number of isocyanates is 1. The van der Waals surface area contributed by atoms with Crippen LogP contribution in [0.3, 0.4) is 0 Å². The third kappa shape index (κ3) is 1.66. The van der Waals surface area contributed by atoms with E-state index in [2.05, 4.69) is 4.99 Å². The van der Waals surface area contributed by atoms with Crippen molar-refractivity contribution in [2.45, 2.75) is 24.8 Å². The molecule has 0 atom stereocenters. The van der Waals surface area contributed by atoms with Crippen LogP contribution in [0.2, 0.25) is 0 Å². The minimum atomic E-state index is -1.16. The summed E-state index contributed by atoms with van der Waals surface area (Å²) in [6.45, 7) is 0. The molecule has 96 valence electrons. The molecule has 0 unspecified atom stereocenters. The van der Waals surface area contributed by atoms with Crippen molar-refractivity contribution in [3.63, 3.8) is 0 Å². The van der Waals surface area contributed by atoms with Gasteiger partial charge in [-0.05, 0) is 25.3 Å². The maximum atomic E-state index is 13.9. The van der Waals surface area contributed by atoms with Gasteiger partial charge in [0.25, 0.3) is 0 Å². The molecule has 0 aromatic heterocycles. The third-order valence-electron chi connectivity index (χ3n) is 3.31. The molecule has 0 spiro atoms. The fourth-order valence-electron chi connectivity index (χ4n) is 2.13. The highest BCUT2D eigenvalue weighted by atomic mass is 19.1. The van der Waals surface area contributed by atoms with Gasteiger partial charge in [0.15, 0.2) is 17.3 Å². The highest BCUT2D eigenvalue weighted by Gasteiger charge is 2.42. The van der Waals surface area contributed by atoms with Gasteiger partial charge in [-0.1, -0.05) is 0 Å².